The van der Waals surface area contributed by atoms with Crippen LogP contribution in [-0.4, -0.2) is 109 Å². The summed E-state index contributed by atoms with van der Waals surface area (Å²) in [5.41, 5.74) is 8.46. The van der Waals surface area contributed by atoms with Crippen LogP contribution < -0.4 is 16.0 Å². The Kier molecular flexibility index (Phi) is 15.8. The standard InChI is InChI=1S/C45H56N6O7S2/c1-29-6-15-36-38(24-29)60-43(49-36)33-11-13-34(14-12-33)46-17-19-57-21-23-58-22-20-56-18-16-39(53)50-41(45(3,4)5)44(55)51-27-35(52)25-37(51)42(54)47-26-31-7-9-32(10-8-31)40-30(2)48-28-59-40/h6-15,24,28,35,37,41,46,52H,16-23,25-27H2,1-5H3,(H,47,54)(H,50,53)/t35-,37+,41-/m1/s1. The number of aryl methyl sites for hydroxylation is 2. The third-order valence-electron chi connectivity index (χ3n) is 10.2. The van der Waals surface area contributed by atoms with Gasteiger partial charge >= 0.3 is 0 Å². The van der Waals surface area contributed by atoms with Crippen LogP contribution in [0.25, 0.3) is 31.2 Å². The summed E-state index contributed by atoms with van der Waals surface area (Å²) in [6.45, 7) is 12.8. The fourth-order valence-electron chi connectivity index (χ4n) is 6.87. The minimum atomic E-state index is -0.910. The van der Waals surface area contributed by atoms with Gasteiger partial charge in [0.2, 0.25) is 17.7 Å². The van der Waals surface area contributed by atoms with E-state index in [9.17, 15) is 19.5 Å². The number of hydrogen-bond acceptors (Lipinski definition) is 12. The number of β-amino-alcohol motifs (C(OH)–C–C–N with tert-alkyl or cyclic N) is 1. The average molecular weight is 857 g/mol. The van der Waals surface area contributed by atoms with Gasteiger partial charge in [-0.3, -0.25) is 14.4 Å². The van der Waals surface area contributed by atoms with Crippen molar-refractivity contribution >= 4 is 56.3 Å². The second-order valence-electron chi connectivity index (χ2n) is 16.0. The molecule has 15 heteroatoms. The number of carbonyl (C=O) groups is 3. The molecule has 3 aromatic carbocycles. The third-order valence-corrected chi connectivity index (χ3v) is 12.2. The number of ether oxygens (including phenoxy) is 3. The van der Waals surface area contributed by atoms with Gasteiger partial charge in [-0.1, -0.05) is 51.1 Å². The van der Waals surface area contributed by atoms with Crippen molar-refractivity contribution in [3.05, 3.63) is 89.1 Å². The first-order valence-corrected chi connectivity index (χ1v) is 22.0. The zero-order valence-electron chi connectivity index (χ0n) is 35.0. The number of aliphatic hydroxyl groups is 1. The van der Waals surface area contributed by atoms with Gasteiger partial charge in [0, 0.05) is 43.7 Å². The second kappa shape index (κ2) is 21.2. The summed E-state index contributed by atoms with van der Waals surface area (Å²) >= 11 is 3.28. The number of nitrogens with zero attached hydrogens (tertiary/aromatic N) is 3. The molecule has 0 bridgehead atoms. The van der Waals surface area contributed by atoms with E-state index in [-0.39, 0.29) is 44.4 Å². The summed E-state index contributed by atoms with van der Waals surface area (Å²) < 4.78 is 18.1. The molecule has 13 nitrogen and oxygen atoms in total. The molecule has 3 amide bonds. The molecule has 6 rings (SSSR count). The number of likely N-dealkylation sites (tertiary alicyclic amines) is 1. The Balaban J connectivity index is 0.831. The molecule has 1 aliphatic heterocycles. The number of fused-ring (bicyclic) bond motifs is 1. The molecule has 0 unspecified atom stereocenters. The quantitative estimate of drug-likeness (QED) is 0.0648. The second-order valence-corrected chi connectivity index (χ2v) is 17.9. The van der Waals surface area contributed by atoms with Crippen LogP contribution in [0.3, 0.4) is 0 Å². The molecule has 0 spiro atoms. The summed E-state index contributed by atoms with van der Waals surface area (Å²) in [7, 11) is 0. The van der Waals surface area contributed by atoms with Crippen LogP contribution in [0.5, 0.6) is 0 Å². The van der Waals surface area contributed by atoms with E-state index in [0.717, 1.165) is 43.5 Å². The number of thiazole rings is 2. The van der Waals surface area contributed by atoms with Crippen LogP contribution in [0.1, 0.15) is 50.4 Å². The van der Waals surface area contributed by atoms with Crippen LogP contribution in [0, 0.1) is 19.3 Å². The summed E-state index contributed by atoms with van der Waals surface area (Å²) in [5, 5.41) is 20.7. The van der Waals surface area contributed by atoms with Gasteiger partial charge < -0.3 is 40.2 Å². The molecule has 1 aliphatic rings. The number of aromatic nitrogens is 2. The molecule has 60 heavy (non-hydrogen) atoms. The van der Waals surface area contributed by atoms with E-state index in [1.807, 2.05) is 69.6 Å². The minimum absolute atomic E-state index is 0.00850. The number of aliphatic hydroxyl groups excluding tert-OH is 1. The minimum Gasteiger partial charge on any atom is -0.391 e. The molecule has 0 saturated carbocycles. The number of hydrogen-bond donors (Lipinski definition) is 4. The third kappa shape index (κ3) is 12.4. The summed E-state index contributed by atoms with van der Waals surface area (Å²) in [6, 6.07) is 20.7. The molecule has 1 fully saturated rings. The predicted octanol–water partition coefficient (Wildman–Crippen LogP) is 6.36. The van der Waals surface area contributed by atoms with E-state index in [2.05, 4.69) is 58.2 Å². The van der Waals surface area contributed by atoms with Crippen LogP contribution >= 0.6 is 22.7 Å². The summed E-state index contributed by atoms with van der Waals surface area (Å²) in [5.74, 6) is -1.10. The highest BCUT2D eigenvalue weighted by atomic mass is 32.1. The van der Waals surface area contributed by atoms with Gasteiger partial charge in [-0.2, -0.15) is 0 Å². The Hall–Kier alpha value is -4.77. The molecule has 0 aliphatic carbocycles. The molecular formula is C45H56N6O7S2. The number of carbonyl (C=O) groups excluding carboxylic acids is 3. The van der Waals surface area contributed by atoms with Gasteiger partial charge in [-0.05, 0) is 72.4 Å². The SMILES string of the molecule is Cc1ccc2nc(-c3ccc(NCCOCCOCCOCCC(=O)N[C@H](C(=O)N4C[C@H](O)C[C@H]4C(=O)NCc4ccc(-c5scnc5C)cc4)C(C)(C)C)cc3)sc2c1. The largest absolute Gasteiger partial charge is 0.391 e. The van der Waals surface area contributed by atoms with Gasteiger partial charge in [0.1, 0.15) is 17.1 Å². The van der Waals surface area contributed by atoms with E-state index in [1.165, 1.54) is 15.2 Å². The smallest absolute Gasteiger partial charge is 0.246 e. The Morgan fingerprint density at radius 3 is 2.27 bits per heavy atom. The van der Waals surface area contributed by atoms with E-state index in [1.54, 1.807) is 22.7 Å². The molecule has 4 N–H and O–H groups in total. The first-order valence-electron chi connectivity index (χ1n) is 20.4. The van der Waals surface area contributed by atoms with Crippen LogP contribution in [0.2, 0.25) is 0 Å². The Morgan fingerprint density at radius 2 is 1.58 bits per heavy atom. The Morgan fingerprint density at radius 1 is 0.900 bits per heavy atom. The number of anilines is 1. The zero-order chi connectivity index (χ0) is 42.6. The fraction of sp³-hybridized carbons (Fsp3) is 0.444. The molecule has 3 heterocycles. The van der Waals surface area contributed by atoms with Crippen molar-refractivity contribution in [2.75, 3.05) is 58.0 Å². The fourth-order valence-corrected chi connectivity index (χ4v) is 8.75. The van der Waals surface area contributed by atoms with Crippen molar-refractivity contribution < 1.29 is 33.7 Å². The van der Waals surface area contributed by atoms with Crippen molar-refractivity contribution in [2.45, 2.75) is 72.2 Å². The maximum atomic E-state index is 13.9. The first kappa shape index (κ1) is 44.8. The predicted molar refractivity (Wildman–Crippen MR) is 237 cm³/mol. The lowest BCUT2D eigenvalue weighted by atomic mass is 9.85. The van der Waals surface area contributed by atoms with E-state index < -0.39 is 29.5 Å². The van der Waals surface area contributed by atoms with Crippen LogP contribution in [-0.2, 0) is 35.1 Å². The maximum absolute atomic E-state index is 13.9. The number of benzene rings is 3. The first-order chi connectivity index (χ1) is 28.9. The van der Waals surface area contributed by atoms with E-state index in [4.69, 9.17) is 19.2 Å². The van der Waals surface area contributed by atoms with Gasteiger partial charge in [0.25, 0.3) is 0 Å². The summed E-state index contributed by atoms with van der Waals surface area (Å²) in [4.78, 5) is 51.8. The van der Waals surface area contributed by atoms with Gasteiger partial charge in [-0.15, -0.1) is 22.7 Å². The molecule has 1 saturated heterocycles. The van der Waals surface area contributed by atoms with Crippen molar-refractivity contribution in [1.82, 2.24) is 25.5 Å². The molecule has 5 aromatic rings. The molecular weight excluding hydrogens is 801 g/mol. The highest BCUT2D eigenvalue weighted by molar-refractivity contribution is 7.21. The van der Waals surface area contributed by atoms with Crippen molar-refractivity contribution in [2.24, 2.45) is 5.41 Å². The van der Waals surface area contributed by atoms with Crippen molar-refractivity contribution in [3.63, 3.8) is 0 Å². The lowest BCUT2D eigenvalue weighted by Gasteiger charge is -2.35. The van der Waals surface area contributed by atoms with Crippen LogP contribution in [0.15, 0.2) is 72.2 Å². The molecule has 2 aromatic heterocycles. The Labute approximate surface area is 359 Å². The summed E-state index contributed by atoms with van der Waals surface area (Å²) in [6.07, 6.45) is -0.681. The van der Waals surface area contributed by atoms with Gasteiger partial charge in [-0.25, -0.2) is 9.97 Å². The number of amides is 3. The van der Waals surface area contributed by atoms with Crippen molar-refractivity contribution in [1.29, 1.82) is 0 Å². The zero-order valence-corrected chi connectivity index (χ0v) is 36.6. The van der Waals surface area contributed by atoms with Crippen LogP contribution in [0.4, 0.5) is 5.69 Å². The average Bonchev–Trinajstić information content (AvgIpc) is 3.97. The van der Waals surface area contributed by atoms with Crippen molar-refractivity contribution in [3.8, 4) is 21.0 Å². The molecule has 320 valence electrons. The number of nitrogens with one attached hydrogen (secondary N) is 3. The highest BCUT2D eigenvalue weighted by Crippen LogP contribution is 2.32. The normalized spacial score (nSPS) is 15.9. The topological polar surface area (TPSA) is 164 Å². The Bertz CT molecular complexity index is 2180. The lowest BCUT2D eigenvalue weighted by Crippen LogP contribution is -2.57. The molecule has 0 radical (unpaired) electrons. The van der Waals surface area contributed by atoms with Gasteiger partial charge in [0.15, 0.2) is 0 Å². The van der Waals surface area contributed by atoms with Gasteiger partial charge in [0.05, 0.1) is 72.0 Å². The number of rotatable bonds is 20. The maximum Gasteiger partial charge on any atom is 0.246 e. The molecule has 3 atom stereocenters. The van der Waals surface area contributed by atoms with E-state index in [0.29, 0.717) is 39.6 Å². The van der Waals surface area contributed by atoms with E-state index >= 15 is 0 Å². The highest BCUT2D eigenvalue weighted by Gasteiger charge is 2.44. The lowest BCUT2D eigenvalue weighted by molar-refractivity contribution is -0.144. The monoisotopic (exact) mass is 856 g/mol.